The Morgan fingerprint density at radius 2 is 2.07 bits per heavy atom. The first-order valence-electron chi connectivity index (χ1n) is 8.82. The van der Waals surface area contributed by atoms with E-state index in [0.29, 0.717) is 32.2 Å². The van der Waals surface area contributed by atoms with Gasteiger partial charge in [-0.1, -0.05) is 6.42 Å². The van der Waals surface area contributed by atoms with Crippen molar-refractivity contribution < 1.29 is 14.4 Å². The van der Waals surface area contributed by atoms with Crippen molar-refractivity contribution in [2.75, 3.05) is 26.2 Å². The number of carbonyl (C=O) groups is 3. The molecule has 1 fully saturated rings. The number of nitrogens with zero attached hydrogens (tertiary/aromatic N) is 1. The molecule has 9 nitrogen and oxygen atoms in total. The zero-order chi connectivity index (χ0) is 18.7. The van der Waals surface area contributed by atoms with Crippen molar-refractivity contribution in [3.63, 3.8) is 0 Å². The van der Waals surface area contributed by atoms with Gasteiger partial charge in [-0.15, -0.1) is 24.8 Å². The number of aldehydes is 1. The van der Waals surface area contributed by atoms with Crippen LogP contribution in [0.3, 0.4) is 0 Å². The maximum atomic E-state index is 12.5. The molecular weight excluding hydrogens is 395 g/mol. The van der Waals surface area contributed by atoms with Gasteiger partial charge in [0, 0.05) is 13.1 Å². The molecule has 1 saturated heterocycles. The number of likely N-dealkylation sites (N-methyl/N-ethyl adjacent to an activating group) is 1. The highest BCUT2D eigenvalue weighted by molar-refractivity contribution is 5.88. The number of amides is 2. The van der Waals surface area contributed by atoms with Crippen molar-refractivity contribution in [1.29, 1.82) is 5.41 Å². The first-order chi connectivity index (χ1) is 12.0. The lowest BCUT2D eigenvalue weighted by molar-refractivity contribution is -0.138. The van der Waals surface area contributed by atoms with Crippen LogP contribution in [0, 0.1) is 5.41 Å². The smallest absolute Gasteiger partial charge is 0.240 e. The van der Waals surface area contributed by atoms with Crippen molar-refractivity contribution in [2.45, 2.75) is 51.1 Å². The molecule has 0 radical (unpaired) electrons. The molecule has 0 spiro atoms. The highest BCUT2D eigenvalue weighted by Gasteiger charge is 2.26. The summed E-state index contributed by atoms with van der Waals surface area (Å²) in [5.41, 5.74) is 5.17. The topological polar surface area (TPSA) is 140 Å². The van der Waals surface area contributed by atoms with E-state index >= 15 is 0 Å². The van der Waals surface area contributed by atoms with Crippen molar-refractivity contribution in [2.24, 2.45) is 5.73 Å². The molecule has 0 aliphatic carbocycles. The summed E-state index contributed by atoms with van der Waals surface area (Å²) in [6, 6.07) is -0.830. The molecule has 6 N–H and O–H groups in total. The lowest BCUT2D eigenvalue weighted by atomic mass is 10.0. The van der Waals surface area contributed by atoms with Crippen LogP contribution in [0.5, 0.6) is 0 Å². The summed E-state index contributed by atoms with van der Waals surface area (Å²) in [6.45, 7) is 3.51. The Labute approximate surface area is 172 Å². The number of hydrogen-bond donors (Lipinski definition) is 5. The molecule has 27 heavy (non-hydrogen) atoms. The average molecular weight is 427 g/mol. The number of halogens is 2. The molecule has 1 rings (SSSR count). The number of hydrogen-bond acceptors (Lipinski definition) is 5. The second-order valence-electron chi connectivity index (χ2n) is 6.15. The summed E-state index contributed by atoms with van der Waals surface area (Å²) in [4.78, 5) is 37.2. The van der Waals surface area contributed by atoms with E-state index in [2.05, 4.69) is 16.0 Å². The molecule has 0 bridgehead atoms. The summed E-state index contributed by atoms with van der Waals surface area (Å²) in [7, 11) is 0. The number of nitrogens with one attached hydrogen (secondary N) is 4. The Morgan fingerprint density at radius 1 is 1.37 bits per heavy atom. The SMILES string of the molecule is CCN(CC(=O)N[C@H](C=O)CCCNC(=N)N)C(=O)[C@H]1CCCCN1.Cl.Cl. The van der Waals surface area contributed by atoms with E-state index in [4.69, 9.17) is 11.1 Å². The number of nitrogens with two attached hydrogens (primary N) is 1. The van der Waals surface area contributed by atoms with Crippen molar-refractivity contribution in [3.05, 3.63) is 0 Å². The maximum Gasteiger partial charge on any atom is 0.240 e. The van der Waals surface area contributed by atoms with Crippen LogP contribution in [-0.4, -0.2) is 67.2 Å². The molecule has 0 saturated carbocycles. The Bertz CT molecular complexity index is 475. The predicted molar refractivity (Wildman–Crippen MR) is 110 cm³/mol. The van der Waals surface area contributed by atoms with Crippen LogP contribution in [0.15, 0.2) is 0 Å². The molecular formula is C16H32Cl2N6O3. The molecule has 1 heterocycles. The first-order valence-corrected chi connectivity index (χ1v) is 8.82. The minimum Gasteiger partial charge on any atom is -0.370 e. The largest absolute Gasteiger partial charge is 0.370 e. The van der Waals surface area contributed by atoms with Crippen LogP contribution in [0.2, 0.25) is 0 Å². The van der Waals surface area contributed by atoms with Crippen LogP contribution < -0.4 is 21.7 Å². The van der Waals surface area contributed by atoms with E-state index in [1.54, 1.807) is 0 Å². The van der Waals surface area contributed by atoms with Crippen molar-refractivity contribution in [3.8, 4) is 0 Å². The fraction of sp³-hybridized carbons (Fsp3) is 0.750. The summed E-state index contributed by atoms with van der Waals surface area (Å²) in [5.74, 6) is -0.534. The fourth-order valence-corrected chi connectivity index (χ4v) is 2.77. The second-order valence-corrected chi connectivity index (χ2v) is 6.15. The summed E-state index contributed by atoms with van der Waals surface area (Å²) >= 11 is 0. The fourth-order valence-electron chi connectivity index (χ4n) is 2.77. The lowest BCUT2D eigenvalue weighted by Gasteiger charge is -2.29. The molecule has 2 amide bonds. The van der Waals surface area contributed by atoms with Gasteiger partial charge in [-0.25, -0.2) is 0 Å². The lowest BCUT2D eigenvalue weighted by Crippen LogP contribution is -2.52. The third-order valence-corrected chi connectivity index (χ3v) is 4.15. The van der Waals surface area contributed by atoms with Crippen molar-refractivity contribution >= 4 is 48.9 Å². The third kappa shape index (κ3) is 11.0. The van der Waals surface area contributed by atoms with E-state index in [0.717, 1.165) is 25.8 Å². The van der Waals surface area contributed by atoms with E-state index < -0.39 is 6.04 Å². The molecule has 0 aromatic heterocycles. The molecule has 158 valence electrons. The molecule has 0 unspecified atom stereocenters. The van der Waals surface area contributed by atoms with E-state index in [9.17, 15) is 14.4 Å². The van der Waals surface area contributed by atoms with Gasteiger partial charge in [0.15, 0.2) is 5.96 Å². The highest BCUT2D eigenvalue weighted by Crippen LogP contribution is 2.09. The van der Waals surface area contributed by atoms with Crippen LogP contribution >= 0.6 is 24.8 Å². The molecule has 2 atom stereocenters. The zero-order valence-corrected chi connectivity index (χ0v) is 17.3. The van der Waals surface area contributed by atoms with Crippen LogP contribution in [0.1, 0.15) is 39.0 Å². The minimum absolute atomic E-state index is 0. The number of carbonyl (C=O) groups excluding carboxylic acids is 3. The minimum atomic E-state index is -0.608. The predicted octanol–water partition coefficient (Wildman–Crippen LogP) is -0.232. The first kappa shape index (κ1) is 27.6. The number of piperidine rings is 1. The highest BCUT2D eigenvalue weighted by atomic mass is 35.5. The van der Waals surface area contributed by atoms with Gasteiger partial charge in [-0.3, -0.25) is 15.0 Å². The Morgan fingerprint density at radius 3 is 2.59 bits per heavy atom. The Hall–Kier alpha value is -1.58. The average Bonchev–Trinajstić information content (AvgIpc) is 2.62. The normalized spacial score (nSPS) is 16.7. The Balaban J connectivity index is 0. The summed E-state index contributed by atoms with van der Waals surface area (Å²) in [6.07, 6.45) is 4.58. The summed E-state index contributed by atoms with van der Waals surface area (Å²) in [5, 5.41) is 15.5. The zero-order valence-electron chi connectivity index (χ0n) is 15.7. The van der Waals surface area contributed by atoms with E-state index in [1.165, 1.54) is 4.90 Å². The molecule has 0 aromatic rings. The third-order valence-electron chi connectivity index (χ3n) is 4.15. The van der Waals surface area contributed by atoms with Gasteiger partial charge in [-0.05, 0) is 39.2 Å². The summed E-state index contributed by atoms with van der Waals surface area (Å²) < 4.78 is 0. The van der Waals surface area contributed by atoms with E-state index in [1.807, 2.05) is 6.92 Å². The number of rotatable bonds is 10. The number of guanidine groups is 1. The standard InChI is InChI=1S/C16H30N6O3.2ClH/c1-2-22(15(25)13-7-3-4-8-19-13)10-14(24)21-12(11-23)6-5-9-20-16(17)18;;/h11-13,19H,2-10H2,1H3,(H,21,24)(H4,17,18,20);2*1H/t12-,13+;;/m0../s1. The van der Waals surface area contributed by atoms with Gasteiger partial charge >= 0.3 is 0 Å². The van der Waals surface area contributed by atoms with Gasteiger partial charge in [0.2, 0.25) is 11.8 Å². The molecule has 1 aliphatic heterocycles. The van der Waals surface area contributed by atoms with E-state index in [-0.39, 0.29) is 55.2 Å². The van der Waals surface area contributed by atoms with Gasteiger partial charge in [0.25, 0.3) is 0 Å². The molecule has 0 aromatic carbocycles. The van der Waals surface area contributed by atoms with Crippen molar-refractivity contribution in [1.82, 2.24) is 20.9 Å². The molecule has 1 aliphatic rings. The van der Waals surface area contributed by atoms with Gasteiger partial charge in [0.05, 0.1) is 18.6 Å². The maximum absolute atomic E-state index is 12.5. The second kappa shape index (κ2) is 15.5. The van der Waals surface area contributed by atoms with Crippen LogP contribution in [-0.2, 0) is 14.4 Å². The Kier molecular flexibility index (Phi) is 15.8. The van der Waals surface area contributed by atoms with Gasteiger partial charge < -0.3 is 31.4 Å². The van der Waals surface area contributed by atoms with Crippen LogP contribution in [0.4, 0.5) is 0 Å². The van der Waals surface area contributed by atoms with Gasteiger partial charge in [0.1, 0.15) is 6.29 Å². The quantitative estimate of drug-likeness (QED) is 0.141. The monoisotopic (exact) mass is 426 g/mol. The molecule has 11 heteroatoms. The van der Waals surface area contributed by atoms with Crippen LogP contribution in [0.25, 0.3) is 0 Å². The van der Waals surface area contributed by atoms with Gasteiger partial charge in [-0.2, -0.15) is 0 Å².